The fraction of sp³-hybridized carbons (Fsp3) is 1.00. The van der Waals surface area contributed by atoms with Gasteiger partial charge in [-0.1, -0.05) is 55.4 Å². The van der Waals surface area contributed by atoms with Crippen LogP contribution in [-0.4, -0.2) is 59.1 Å². The van der Waals surface area contributed by atoms with Crippen LogP contribution in [0, 0.1) is 0 Å². The van der Waals surface area contributed by atoms with Gasteiger partial charge >= 0.3 is 19.5 Å². The Hall–Kier alpha value is 2.01. The van der Waals surface area contributed by atoms with Gasteiger partial charge in [0.1, 0.15) is 0 Å². The van der Waals surface area contributed by atoms with Crippen LogP contribution < -0.4 is 9.79 Å². The van der Waals surface area contributed by atoms with Gasteiger partial charge in [-0.25, -0.2) is 0 Å². The van der Waals surface area contributed by atoms with Crippen LogP contribution in [0.15, 0.2) is 0 Å². The van der Waals surface area contributed by atoms with E-state index in [1.807, 2.05) is 0 Å². The minimum absolute atomic E-state index is 0. The van der Waals surface area contributed by atoms with Crippen LogP contribution in [0.5, 0.6) is 0 Å². The van der Waals surface area contributed by atoms with Gasteiger partial charge < -0.3 is 28.7 Å². The summed E-state index contributed by atoms with van der Waals surface area (Å²) in [6, 6.07) is 0. The summed E-state index contributed by atoms with van der Waals surface area (Å²) in [6.07, 6.45) is 2.81. The maximum absolute atomic E-state index is 10.5. The average Bonchev–Trinajstić information content (AvgIpc) is 2.69. The summed E-state index contributed by atoms with van der Waals surface area (Å²) in [5.41, 5.74) is 0. The van der Waals surface area contributed by atoms with Crippen molar-refractivity contribution in [1.82, 2.24) is 0 Å². The quantitative estimate of drug-likeness (QED) is 0.307. The minimum Gasteiger partial charge on any atom is -0.799 e. The summed E-state index contributed by atoms with van der Waals surface area (Å²) in [5.74, 6) is 0. The van der Waals surface area contributed by atoms with E-state index in [2.05, 4.69) is 0 Å². The molecule has 0 saturated heterocycles. The van der Waals surface area contributed by atoms with Gasteiger partial charge in [0.05, 0.1) is 0 Å². The molecule has 14 heteroatoms. The Bertz CT molecular complexity index is 433. The zero-order valence-electron chi connectivity index (χ0n) is 20.2. The third-order valence-corrected chi connectivity index (χ3v) is 11.7. The van der Waals surface area contributed by atoms with Crippen molar-refractivity contribution in [2.24, 2.45) is 0 Å². The van der Waals surface area contributed by atoms with E-state index in [0.717, 1.165) is 0 Å². The standard InChI is InChI=1S/4C4H11O2P.2Zn/c4*1-3-7(5,6)4-2;;/h4*3-4H2,1-2H3,(H,5,6);;/q;;;;;+2/p-2. The van der Waals surface area contributed by atoms with Gasteiger partial charge in [-0.05, 0) is 24.6 Å². The molecule has 30 heavy (non-hydrogen) atoms. The predicted octanol–water partition coefficient (Wildman–Crippen LogP) is 3.92. The molecule has 178 valence electrons. The molecule has 0 saturated carbocycles. The molecule has 0 aliphatic heterocycles. The first-order chi connectivity index (χ1) is 12.5. The summed E-state index contributed by atoms with van der Waals surface area (Å²) < 4.78 is 41.8. The summed E-state index contributed by atoms with van der Waals surface area (Å²) in [5, 5.41) is 0. The first-order valence-corrected chi connectivity index (χ1v) is 17.7. The van der Waals surface area contributed by atoms with Crippen LogP contribution in [0.25, 0.3) is 0 Å². The van der Waals surface area contributed by atoms with Gasteiger partial charge in [-0.15, -0.1) is 0 Å². The van der Waals surface area contributed by atoms with Crippen molar-refractivity contribution in [3.8, 4) is 0 Å². The SMILES string of the molecule is CCP(=O)(O)CC.CCP(=O)(O)CC.CCP(=O)([O-])CC.CCP(=O)([O-])CC.[Zn+2].[Zn]. The van der Waals surface area contributed by atoms with Crippen molar-refractivity contribution in [3.05, 3.63) is 0 Å². The van der Waals surface area contributed by atoms with E-state index >= 15 is 0 Å². The first-order valence-electron chi connectivity index (χ1n) is 9.68. The second kappa shape index (κ2) is 24.1. The monoisotopic (exact) mass is 614 g/mol. The van der Waals surface area contributed by atoms with Crippen LogP contribution >= 0.6 is 29.5 Å². The van der Waals surface area contributed by atoms with Gasteiger partial charge in [0.25, 0.3) is 0 Å². The molecule has 0 radical (unpaired) electrons. The molecule has 2 N–H and O–H groups in total. The molecule has 0 aromatic rings. The Balaban J connectivity index is -0.0000000626. The average molecular weight is 617 g/mol. The van der Waals surface area contributed by atoms with E-state index in [1.54, 1.807) is 55.4 Å². The zero-order valence-corrected chi connectivity index (χ0v) is 29.7. The maximum Gasteiger partial charge on any atom is 2.00 e. The molecule has 0 heterocycles. The summed E-state index contributed by atoms with van der Waals surface area (Å²) in [4.78, 5) is 38.2. The molecule has 0 fully saturated rings. The van der Waals surface area contributed by atoms with Crippen LogP contribution in [0.2, 0.25) is 0 Å². The van der Waals surface area contributed by atoms with Crippen LogP contribution in [0.3, 0.4) is 0 Å². The van der Waals surface area contributed by atoms with E-state index in [9.17, 15) is 28.0 Å². The van der Waals surface area contributed by atoms with Gasteiger partial charge in [-0.2, -0.15) is 0 Å². The fourth-order valence-corrected chi connectivity index (χ4v) is 2.68. The molecule has 0 unspecified atom stereocenters. The topological polar surface area (TPSA) is 155 Å². The molecular weight excluding hydrogens is 575 g/mol. The second-order valence-electron chi connectivity index (χ2n) is 5.85. The number of rotatable bonds is 8. The smallest absolute Gasteiger partial charge is 0.799 e. The molecule has 0 rings (SSSR count). The van der Waals surface area contributed by atoms with Crippen molar-refractivity contribution in [3.63, 3.8) is 0 Å². The Labute approximate surface area is 210 Å². The molecule has 0 aliphatic carbocycles. The van der Waals surface area contributed by atoms with E-state index in [4.69, 9.17) is 9.79 Å². The Morgan fingerprint density at radius 3 is 0.633 bits per heavy atom. The van der Waals surface area contributed by atoms with Gasteiger partial charge in [0, 0.05) is 58.9 Å². The van der Waals surface area contributed by atoms with Crippen LogP contribution in [0.1, 0.15) is 55.4 Å². The van der Waals surface area contributed by atoms with Crippen molar-refractivity contribution in [2.75, 3.05) is 49.3 Å². The molecule has 8 nitrogen and oxygen atoms in total. The Morgan fingerprint density at radius 2 is 0.633 bits per heavy atom. The van der Waals surface area contributed by atoms with Gasteiger partial charge in [-0.3, -0.25) is 9.13 Å². The Morgan fingerprint density at radius 1 is 0.500 bits per heavy atom. The third kappa shape index (κ3) is 37.3. The summed E-state index contributed by atoms with van der Waals surface area (Å²) >= 11 is 0. The minimum atomic E-state index is -2.90. The first kappa shape index (κ1) is 45.5. The normalized spacial score (nSPS) is 11.1. The third-order valence-electron chi connectivity index (χ3n) is 3.90. The number of hydrogen-bond donors (Lipinski definition) is 2. The number of hydrogen-bond acceptors (Lipinski definition) is 6. The summed E-state index contributed by atoms with van der Waals surface area (Å²) in [7, 11) is -11.1. The largest absolute Gasteiger partial charge is 2.00 e. The molecular formula is C16H42O8P4Zn2. The fourth-order valence-electron chi connectivity index (χ4n) is 0.894. The molecule has 0 aromatic heterocycles. The molecule has 0 aromatic carbocycles. The molecule has 0 bridgehead atoms. The molecule has 0 atom stereocenters. The predicted molar refractivity (Wildman–Crippen MR) is 119 cm³/mol. The molecule has 0 aliphatic rings. The second-order valence-corrected chi connectivity index (χ2v) is 17.6. The van der Waals surface area contributed by atoms with E-state index < -0.39 is 29.5 Å². The van der Waals surface area contributed by atoms with Crippen molar-refractivity contribution < 1.29 is 76.8 Å². The van der Waals surface area contributed by atoms with Crippen LogP contribution in [-0.2, 0) is 57.2 Å². The van der Waals surface area contributed by atoms with Crippen molar-refractivity contribution in [1.29, 1.82) is 0 Å². The summed E-state index contributed by atoms with van der Waals surface area (Å²) in [6.45, 7) is 13.6. The van der Waals surface area contributed by atoms with Crippen molar-refractivity contribution >= 4 is 29.5 Å². The van der Waals surface area contributed by atoms with Crippen LogP contribution in [0.4, 0.5) is 0 Å². The Kier molecular flexibility index (Phi) is 36.6. The molecule has 0 amide bonds. The van der Waals surface area contributed by atoms with Gasteiger partial charge in [0.15, 0.2) is 14.7 Å². The van der Waals surface area contributed by atoms with E-state index in [0.29, 0.717) is 49.3 Å². The molecule has 0 spiro atoms. The van der Waals surface area contributed by atoms with Gasteiger partial charge in [0.2, 0.25) is 0 Å². The van der Waals surface area contributed by atoms with E-state index in [-0.39, 0.29) is 39.0 Å². The van der Waals surface area contributed by atoms with Crippen molar-refractivity contribution in [2.45, 2.75) is 55.4 Å². The zero-order chi connectivity index (χ0) is 23.7. The maximum atomic E-state index is 10.5. The van der Waals surface area contributed by atoms with E-state index in [1.165, 1.54) is 0 Å².